The van der Waals surface area contributed by atoms with Crippen molar-refractivity contribution >= 4 is 28.6 Å². The van der Waals surface area contributed by atoms with E-state index in [0.29, 0.717) is 22.9 Å². The van der Waals surface area contributed by atoms with Crippen LogP contribution in [-0.2, 0) is 34.5 Å². The zero-order chi connectivity index (χ0) is 47.3. The molecule has 0 atom stereocenters. The number of ether oxygens (including phenoxy) is 1. The highest BCUT2D eigenvalue weighted by molar-refractivity contribution is 7.98. The monoisotopic (exact) mass is 760 g/mol. The summed E-state index contributed by atoms with van der Waals surface area (Å²) < 4.78 is 168. The maximum absolute atomic E-state index is 15.0. The molecule has 1 aliphatic rings. The number of alkyl halides is 3. The summed E-state index contributed by atoms with van der Waals surface area (Å²) in [4.78, 5) is 31.0. The third-order valence-electron chi connectivity index (χ3n) is 8.71. The summed E-state index contributed by atoms with van der Waals surface area (Å²) in [6, 6.07) is 9.90. The van der Waals surface area contributed by atoms with Gasteiger partial charge in [-0.05, 0) is 72.3 Å². The number of rotatable bonds is 12. The lowest BCUT2D eigenvalue weighted by Crippen LogP contribution is -2.48. The molecule has 4 aromatic carbocycles. The van der Waals surface area contributed by atoms with Crippen molar-refractivity contribution in [2.45, 2.75) is 55.8 Å². The van der Waals surface area contributed by atoms with Crippen LogP contribution in [0.25, 0.3) is 22.0 Å². The van der Waals surface area contributed by atoms with E-state index < -0.39 is 103 Å². The van der Waals surface area contributed by atoms with Gasteiger partial charge in [0.1, 0.15) is 6.54 Å². The van der Waals surface area contributed by atoms with Gasteiger partial charge in [0, 0.05) is 64.6 Å². The molecule has 0 N–H and O–H groups in total. The number of nitrogens with zero attached hydrogens (tertiary/aromatic N) is 3. The molecule has 0 unspecified atom stereocenters. The number of methoxy groups -OCH3 is 1. The van der Waals surface area contributed by atoms with Crippen LogP contribution in [0.2, 0.25) is 0 Å². The summed E-state index contributed by atoms with van der Waals surface area (Å²) >= 11 is 0.658. The van der Waals surface area contributed by atoms with Gasteiger partial charge in [-0.15, -0.1) is 11.8 Å². The van der Waals surface area contributed by atoms with Gasteiger partial charge in [0.2, 0.25) is 5.91 Å². The number of piperidine rings is 1. The first-order valence-corrected chi connectivity index (χ1v) is 17.4. The molecule has 1 aromatic heterocycles. The lowest BCUT2D eigenvalue weighted by atomic mass is 10.00. The molecule has 1 amide bonds. The molecule has 6 rings (SSSR count). The standard InChI is InChI=1S/C41H40F5N3O3S/c1-27-6-15-34-36(22-27)49(39(23-37(34)50)53-26-31-4-3-5-35(42)40(31)43)25-38(51)48(33-16-18-47(19-17-33)20-21-52-2)24-28-7-9-29(10-8-28)30-11-13-32(14-12-30)41(44,45)46/h3-15,22-23,33H,16-21,24-26H2,1-2H3/i2D3,6D,15D,20D2,22D,23D,24D2. The number of aromatic nitrogens is 1. The Morgan fingerprint density at radius 1 is 1.02 bits per heavy atom. The molecule has 0 radical (unpaired) electrons. The second kappa shape index (κ2) is 16.7. The van der Waals surface area contributed by atoms with Crippen molar-refractivity contribution in [3.05, 3.63) is 135 Å². The number of pyridine rings is 1. The van der Waals surface area contributed by atoms with Gasteiger partial charge < -0.3 is 19.1 Å². The van der Waals surface area contributed by atoms with Crippen molar-refractivity contribution < 1.29 is 46.6 Å². The fourth-order valence-corrected chi connectivity index (χ4v) is 6.95. The molecule has 1 fully saturated rings. The number of carbonyl (C=O) groups is 1. The van der Waals surface area contributed by atoms with Crippen molar-refractivity contribution in [1.82, 2.24) is 14.4 Å². The smallest absolute Gasteiger partial charge is 0.383 e. The van der Waals surface area contributed by atoms with E-state index in [0.717, 1.165) is 27.7 Å². The molecule has 0 aliphatic carbocycles. The van der Waals surface area contributed by atoms with E-state index in [1.165, 1.54) is 60.4 Å². The van der Waals surface area contributed by atoms with Crippen LogP contribution in [-0.4, -0.2) is 59.5 Å². The summed E-state index contributed by atoms with van der Waals surface area (Å²) in [5, 5.41) is -0.846. The maximum atomic E-state index is 15.0. The van der Waals surface area contributed by atoms with Gasteiger partial charge in [0.15, 0.2) is 17.1 Å². The number of thioether (sulfide) groups is 1. The van der Waals surface area contributed by atoms with E-state index >= 15 is 4.79 Å². The molecule has 1 aliphatic heterocycles. The highest BCUT2D eigenvalue weighted by Gasteiger charge is 2.31. The first kappa shape index (κ1) is 26.3. The number of hydrogen-bond acceptors (Lipinski definition) is 5. The first-order chi connectivity index (χ1) is 29.7. The van der Waals surface area contributed by atoms with E-state index in [1.807, 2.05) is 0 Å². The number of amides is 1. The zero-order valence-corrected chi connectivity index (χ0v) is 29.1. The molecule has 0 spiro atoms. The van der Waals surface area contributed by atoms with Crippen LogP contribution in [0.1, 0.15) is 50.2 Å². The van der Waals surface area contributed by atoms with Crippen LogP contribution in [0.3, 0.4) is 0 Å². The molecular formula is C41H40F5N3O3S. The molecule has 5 aromatic rings. The maximum Gasteiger partial charge on any atom is 0.416 e. The minimum atomic E-state index is -4.57. The Bertz CT molecular complexity index is 2620. The zero-order valence-electron chi connectivity index (χ0n) is 39.2. The van der Waals surface area contributed by atoms with Crippen LogP contribution in [0, 0.1) is 18.6 Å². The lowest BCUT2D eigenvalue weighted by Gasteiger charge is -2.39. The number of likely N-dealkylation sites (tertiary alicyclic amines) is 1. The topological polar surface area (TPSA) is 54.8 Å². The molecule has 12 heteroatoms. The third kappa shape index (κ3) is 9.17. The highest BCUT2D eigenvalue weighted by atomic mass is 32.2. The Morgan fingerprint density at radius 2 is 1.72 bits per heavy atom. The van der Waals surface area contributed by atoms with E-state index in [-0.39, 0.29) is 58.9 Å². The molecule has 0 bridgehead atoms. The van der Waals surface area contributed by atoms with E-state index in [9.17, 15) is 29.5 Å². The third-order valence-corrected chi connectivity index (χ3v) is 9.76. The molecule has 0 saturated carbocycles. The highest BCUT2D eigenvalue weighted by Crippen LogP contribution is 2.32. The van der Waals surface area contributed by atoms with Crippen LogP contribution in [0.15, 0.2) is 101 Å². The van der Waals surface area contributed by atoms with Crippen LogP contribution in [0.4, 0.5) is 22.0 Å². The van der Waals surface area contributed by atoms with Gasteiger partial charge in [0.05, 0.1) is 35.0 Å². The fraction of sp³-hybridized carbons (Fsp3) is 0.317. The van der Waals surface area contributed by atoms with Crippen molar-refractivity contribution in [2.24, 2.45) is 0 Å². The van der Waals surface area contributed by atoms with Crippen molar-refractivity contribution in [3.8, 4) is 11.1 Å². The SMILES string of the molecule is [2H]c1c(C)c([2H])c2c(c1[2H])c(=O)c([2H])c(SCc1cccc(F)c1F)n2CC(=O)N(C1CCN(C([2H])([2H])COC([2H])([2H])[2H])CC1)C([2H])([2H])c1ccc(-c2ccc(C(F)(F)F)cc2)cc1. The molecule has 6 nitrogen and oxygen atoms in total. The van der Waals surface area contributed by atoms with E-state index in [4.69, 9.17) is 17.1 Å². The summed E-state index contributed by atoms with van der Waals surface area (Å²) in [6.07, 6.45) is -4.71. The van der Waals surface area contributed by atoms with Crippen molar-refractivity contribution in [3.63, 3.8) is 0 Å². The average Bonchev–Trinajstić information content (AvgIpc) is 3.23. The average molecular weight is 761 g/mol. The minimum Gasteiger partial charge on any atom is -0.383 e. The Labute approximate surface area is 324 Å². The van der Waals surface area contributed by atoms with Gasteiger partial charge in [-0.1, -0.05) is 54.6 Å². The number of halogens is 5. The number of benzene rings is 4. The second-order valence-electron chi connectivity index (χ2n) is 12.3. The predicted octanol–water partition coefficient (Wildman–Crippen LogP) is 8.71. The summed E-state index contributed by atoms with van der Waals surface area (Å²) in [6.45, 7) is -5.61. The fourth-order valence-electron chi connectivity index (χ4n) is 5.96. The van der Waals surface area contributed by atoms with Gasteiger partial charge in [-0.3, -0.25) is 9.59 Å². The van der Waals surface area contributed by atoms with Crippen LogP contribution < -0.4 is 5.43 Å². The molecule has 278 valence electrons. The Balaban J connectivity index is 1.44. The summed E-state index contributed by atoms with van der Waals surface area (Å²) in [7, 11) is -2.89. The van der Waals surface area contributed by atoms with Crippen molar-refractivity contribution in [2.75, 3.05) is 33.2 Å². The lowest BCUT2D eigenvalue weighted by molar-refractivity contribution is -0.137. The Morgan fingerprint density at radius 3 is 2.40 bits per heavy atom. The summed E-state index contributed by atoms with van der Waals surface area (Å²) in [5.74, 6) is -3.76. The predicted molar refractivity (Wildman–Crippen MR) is 198 cm³/mol. The number of fused-ring (bicyclic) bond motifs is 1. The number of hydrogen-bond donors (Lipinski definition) is 0. The van der Waals surface area contributed by atoms with Gasteiger partial charge in [-0.2, -0.15) is 13.2 Å². The van der Waals surface area contributed by atoms with Gasteiger partial charge in [0.25, 0.3) is 0 Å². The van der Waals surface area contributed by atoms with Crippen molar-refractivity contribution in [1.29, 1.82) is 0 Å². The number of carbonyl (C=O) groups excluding carboxylic acids is 1. The Kier molecular flexibility index (Phi) is 8.26. The van der Waals surface area contributed by atoms with Crippen LogP contribution in [0.5, 0.6) is 0 Å². The molecular weight excluding hydrogens is 710 g/mol. The quantitative estimate of drug-likeness (QED) is 0.0942. The first-order valence-electron chi connectivity index (χ1n) is 21.9. The van der Waals surface area contributed by atoms with E-state index in [2.05, 4.69) is 0 Å². The molecule has 1 saturated heterocycles. The van der Waals surface area contributed by atoms with Gasteiger partial charge >= 0.3 is 6.18 Å². The molecule has 2 heterocycles. The summed E-state index contributed by atoms with van der Waals surface area (Å²) in [5.41, 5.74) is -1.82. The Hall–Kier alpha value is -4.52. The van der Waals surface area contributed by atoms with Gasteiger partial charge in [-0.25, -0.2) is 8.78 Å². The molecule has 53 heavy (non-hydrogen) atoms. The van der Waals surface area contributed by atoms with Crippen LogP contribution >= 0.6 is 11.8 Å². The van der Waals surface area contributed by atoms with E-state index in [1.54, 1.807) is 0 Å². The second-order valence-corrected chi connectivity index (χ2v) is 13.2. The normalized spacial score (nSPS) is 18.0. The largest absolute Gasteiger partial charge is 0.416 e. The minimum absolute atomic E-state index is 0.0626.